The minimum atomic E-state index is -0.265. The molecule has 2 aromatic carbocycles. The van der Waals surface area contributed by atoms with Gasteiger partial charge in [-0.05, 0) is 62.3 Å². The Labute approximate surface area is 169 Å². The summed E-state index contributed by atoms with van der Waals surface area (Å²) in [4.78, 5) is 16.8. The SMILES string of the molecule is CCNNC(=O)c1nccc2c(C)c3c(cc12)c1cc(O)ccc1n3C.CNC. The second-order valence-corrected chi connectivity index (χ2v) is 6.90. The van der Waals surface area contributed by atoms with Gasteiger partial charge in [0.1, 0.15) is 11.4 Å². The molecule has 0 radical (unpaired) electrons. The van der Waals surface area contributed by atoms with Crippen LogP contribution in [0.2, 0.25) is 0 Å². The highest BCUT2D eigenvalue weighted by molar-refractivity contribution is 6.17. The van der Waals surface area contributed by atoms with Crippen LogP contribution in [0.15, 0.2) is 36.5 Å². The summed E-state index contributed by atoms with van der Waals surface area (Å²) in [6.07, 6.45) is 1.66. The van der Waals surface area contributed by atoms with Crippen molar-refractivity contribution in [3.8, 4) is 5.75 Å². The largest absolute Gasteiger partial charge is 0.508 e. The average Bonchev–Trinajstić information content (AvgIpc) is 2.98. The van der Waals surface area contributed by atoms with E-state index in [-0.39, 0.29) is 11.7 Å². The van der Waals surface area contributed by atoms with E-state index in [1.165, 1.54) is 0 Å². The van der Waals surface area contributed by atoms with E-state index in [9.17, 15) is 9.90 Å². The van der Waals surface area contributed by atoms with Gasteiger partial charge in [0.2, 0.25) is 0 Å². The third-order valence-corrected chi connectivity index (χ3v) is 4.85. The van der Waals surface area contributed by atoms with E-state index in [0.29, 0.717) is 12.2 Å². The number of fused-ring (bicyclic) bond motifs is 4. The molecule has 0 aliphatic carbocycles. The van der Waals surface area contributed by atoms with Crippen LogP contribution in [-0.2, 0) is 7.05 Å². The molecule has 0 saturated carbocycles. The Balaban J connectivity index is 0.000000755. The molecule has 0 bridgehead atoms. The number of phenols is 1. The lowest BCUT2D eigenvalue weighted by atomic mass is 10.00. The first-order chi connectivity index (χ1) is 13.9. The fraction of sp³-hybridized carbons (Fsp3) is 0.273. The van der Waals surface area contributed by atoms with Gasteiger partial charge in [-0.15, -0.1) is 0 Å². The van der Waals surface area contributed by atoms with Crippen LogP contribution in [0.1, 0.15) is 23.0 Å². The van der Waals surface area contributed by atoms with Gasteiger partial charge >= 0.3 is 0 Å². The Morgan fingerprint density at radius 2 is 1.83 bits per heavy atom. The molecule has 1 amide bonds. The maximum Gasteiger partial charge on any atom is 0.284 e. The molecule has 7 nitrogen and oxygen atoms in total. The lowest BCUT2D eigenvalue weighted by molar-refractivity contribution is 0.0931. The molecular weight excluding hydrogens is 366 g/mol. The summed E-state index contributed by atoms with van der Waals surface area (Å²) in [6.45, 7) is 4.59. The van der Waals surface area contributed by atoms with Crippen molar-refractivity contribution in [1.82, 2.24) is 25.7 Å². The van der Waals surface area contributed by atoms with Crippen molar-refractivity contribution in [3.05, 3.63) is 47.8 Å². The monoisotopic (exact) mass is 393 g/mol. The zero-order chi connectivity index (χ0) is 21.1. The van der Waals surface area contributed by atoms with Crippen LogP contribution in [0.5, 0.6) is 5.75 Å². The van der Waals surface area contributed by atoms with Crippen LogP contribution < -0.4 is 16.2 Å². The summed E-state index contributed by atoms with van der Waals surface area (Å²) in [7, 11) is 5.76. The molecule has 0 aliphatic rings. The number of carbonyl (C=O) groups is 1. The van der Waals surface area contributed by atoms with Crippen LogP contribution >= 0.6 is 0 Å². The van der Waals surface area contributed by atoms with Gasteiger partial charge < -0.3 is 15.0 Å². The first-order valence-corrected chi connectivity index (χ1v) is 9.55. The molecule has 4 N–H and O–H groups in total. The first kappa shape index (κ1) is 20.6. The maximum absolute atomic E-state index is 12.5. The number of pyridine rings is 1. The Morgan fingerprint density at radius 1 is 1.10 bits per heavy atom. The minimum Gasteiger partial charge on any atom is -0.508 e. The van der Waals surface area contributed by atoms with Crippen molar-refractivity contribution in [2.24, 2.45) is 7.05 Å². The topological polar surface area (TPSA) is 91.2 Å². The highest BCUT2D eigenvalue weighted by atomic mass is 16.3. The van der Waals surface area contributed by atoms with E-state index in [0.717, 1.165) is 38.1 Å². The fourth-order valence-corrected chi connectivity index (χ4v) is 3.69. The summed E-state index contributed by atoms with van der Waals surface area (Å²) in [6, 6.07) is 9.28. The molecule has 0 aliphatic heterocycles. The van der Waals surface area contributed by atoms with Crippen LogP contribution in [0.3, 0.4) is 0 Å². The smallest absolute Gasteiger partial charge is 0.284 e. The highest BCUT2D eigenvalue weighted by Crippen LogP contribution is 2.36. The zero-order valence-electron chi connectivity index (χ0n) is 17.4. The van der Waals surface area contributed by atoms with Crippen molar-refractivity contribution in [2.75, 3.05) is 20.6 Å². The van der Waals surface area contributed by atoms with Crippen molar-refractivity contribution in [1.29, 1.82) is 0 Å². The van der Waals surface area contributed by atoms with Gasteiger partial charge in [-0.1, -0.05) is 6.92 Å². The second kappa shape index (κ2) is 8.46. The third-order valence-electron chi connectivity index (χ3n) is 4.85. The molecular formula is C22H27N5O2. The predicted octanol–water partition coefficient (Wildman–Crippen LogP) is 2.98. The molecule has 0 atom stereocenters. The fourth-order valence-electron chi connectivity index (χ4n) is 3.69. The van der Waals surface area contributed by atoms with E-state index in [1.54, 1.807) is 18.3 Å². The van der Waals surface area contributed by atoms with Crippen molar-refractivity contribution in [3.63, 3.8) is 0 Å². The Kier molecular flexibility index (Phi) is 6.00. The zero-order valence-corrected chi connectivity index (χ0v) is 17.4. The van der Waals surface area contributed by atoms with E-state index >= 15 is 0 Å². The highest BCUT2D eigenvalue weighted by Gasteiger charge is 2.18. The van der Waals surface area contributed by atoms with Gasteiger partial charge in [0.15, 0.2) is 0 Å². The third kappa shape index (κ3) is 3.62. The number of phenolic OH excluding ortho intramolecular Hbond substituents is 1. The van der Waals surface area contributed by atoms with Crippen molar-refractivity contribution < 1.29 is 9.90 Å². The number of aryl methyl sites for hydroxylation is 2. The molecule has 29 heavy (non-hydrogen) atoms. The van der Waals surface area contributed by atoms with Gasteiger partial charge in [-0.25, -0.2) is 5.43 Å². The summed E-state index contributed by atoms with van der Waals surface area (Å²) in [5.41, 5.74) is 9.07. The number of hydrogen-bond donors (Lipinski definition) is 4. The minimum absolute atomic E-state index is 0.221. The lowest BCUT2D eigenvalue weighted by Crippen LogP contribution is -2.37. The second-order valence-electron chi connectivity index (χ2n) is 6.90. The van der Waals surface area contributed by atoms with Crippen LogP contribution in [-0.4, -0.2) is 41.2 Å². The predicted molar refractivity (Wildman–Crippen MR) is 118 cm³/mol. The Morgan fingerprint density at radius 3 is 2.52 bits per heavy atom. The van der Waals surface area contributed by atoms with Gasteiger partial charge in [-0.2, -0.15) is 0 Å². The standard InChI is InChI=1S/C20H20N4O2.C2H7N/c1-4-22-23-20(26)18-15-10-16-14-9-12(25)5-6-17(14)24(3)19(16)11(2)13(15)7-8-21-18;1-3-2/h5-10,22,25H,4H2,1-3H3,(H,23,26);3H,1-2H3. The normalized spacial score (nSPS) is 10.9. The van der Waals surface area contributed by atoms with Crippen LogP contribution in [0, 0.1) is 6.92 Å². The number of rotatable bonds is 3. The molecule has 152 valence electrons. The summed E-state index contributed by atoms with van der Waals surface area (Å²) >= 11 is 0. The molecule has 0 saturated heterocycles. The summed E-state index contributed by atoms with van der Waals surface area (Å²) in [5.74, 6) is -0.0432. The van der Waals surface area contributed by atoms with Gasteiger partial charge in [-0.3, -0.25) is 15.2 Å². The summed E-state index contributed by atoms with van der Waals surface area (Å²) < 4.78 is 2.12. The molecule has 4 rings (SSSR count). The van der Waals surface area contributed by atoms with E-state index < -0.39 is 0 Å². The molecule has 4 aromatic rings. The number of aromatic hydroxyl groups is 1. The van der Waals surface area contributed by atoms with Crippen molar-refractivity contribution >= 4 is 38.5 Å². The molecule has 0 spiro atoms. The average molecular weight is 393 g/mol. The van der Waals surface area contributed by atoms with E-state index in [2.05, 4.69) is 32.6 Å². The molecule has 7 heteroatoms. The number of nitrogens with zero attached hydrogens (tertiary/aromatic N) is 2. The number of amides is 1. The number of hydrogen-bond acceptors (Lipinski definition) is 5. The van der Waals surface area contributed by atoms with Crippen molar-refractivity contribution in [2.45, 2.75) is 13.8 Å². The Bertz CT molecular complexity index is 1200. The number of benzene rings is 2. The molecule has 2 heterocycles. The molecule has 2 aromatic heterocycles. The van der Waals surface area contributed by atoms with E-state index in [1.807, 2.05) is 46.3 Å². The quantitative estimate of drug-likeness (QED) is 0.402. The molecule has 0 unspecified atom stereocenters. The lowest BCUT2D eigenvalue weighted by Gasteiger charge is -2.11. The van der Waals surface area contributed by atoms with Gasteiger partial charge in [0, 0.05) is 41.5 Å². The van der Waals surface area contributed by atoms with Gasteiger partial charge in [0.25, 0.3) is 5.91 Å². The summed E-state index contributed by atoms with van der Waals surface area (Å²) in [5, 5.41) is 16.4. The number of carbonyl (C=O) groups excluding carboxylic acids is 1. The van der Waals surface area contributed by atoms with E-state index in [4.69, 9.17) is 0 Å². The van der Waals surface area contributed by atoms with Crippen LogP contribution in [0.4, 0.5) is 0 Å². The van der Waals surface area contributed by atoms with Crippen LogP contribution in [0.25, 0.3) is 32.6 Å². The molecule has 0 fully saturated rings. The maximum atomic E-state index is 12.5. The number of aromatic nitrogens is 2. The van der Waals surface area contributed by atoms with Gasteiger partial charge in [0.05, 0.1) is 5.52 Å². The first-order valence-electron chi connectivity index (χ1n) is 9.55. The Hall–Kier alpha value is -3.16. The number of hydrazine groups is 1. The number of nitrogens with one attached hydrogen (secondary N) is 3.